The number of aryl methyl sites for hydroxylation is 1. The van der Waals surface area contributed by atoms with Crippen LogP contribution >= 0.6 is 11.6 Å². The van der Waals surface area contributed by atoms with Crippen molar-refractivity contribution in [3.63, 3.8) is 0 Å². The summed E-state index contributed by atoms with van der Waals surface area (Å²) in [5.41, 5.74) is 4.11. The van der Waals surface area contributed by atoms with E-state index in [9.17, 15) is 4.79 Å². The van der Waals surface area contributed by atoms with Crippen molar-refractivity contribution in [2.75, 3.05) is 0 Å². The number of rotatable bonds is 5. The van der Waals surface area contributed by atoms with Gasteiger partial charge in [-0.15, -0.1) is 0 Å². The van der Waals surface area contributed by atoms with E-state index in [2.05, 4.69) is 5.10 Å². The molecule has 0 spiro atoms. The van der Waals surface area contributed by atoms with E-state index in [0.29, 0.717) is 23.7 Å². The molecule has 1 aliphatic rings. The van der Waals surface area contributed by atoms with E-state index >= 15 is 0 Å². The van der Waals surface area contributed by atoms with E-state index in [1.165, 1.54) is 11.3 Å². The van der Waals surface area contributed by atoms with Crippen LogP contribution in [0.2, 0.25) is 5.02 Å². The molecule has 2 heterocycles. The molecule has 5 nitrogen and oxygen atoms in total. The molecule has 0 N–H and O–H groups in total. The van der Waals surface area contributed by atoms with Crippen LogP contribution in [0.1, 0.15) is 39.5 Å². The topological polar surface area (TPSA) is 51.3 Å². The molecule has 1 aromatic carbocycles. The van der Waals surface area contributed by atoms with Crippen LogP contribution in [0.25, 0.3) is 0 Å². The van der Waals surface area contributed by atoms with Gasteiger partial charge in [0.2, 0.25) is 0 Å². The molecule has 26 heavy (non-hydrogen) atoms. The van der Waals surface area contributed by atoms with E-state index in [4.69, 9.17) is 16.0 Å². The summed E-state index contributed by atoms with van der Waals surface area (Å²) in [5.74, 6) is 0.661. The van der Waals surface area contributed by atoms with E-state index in [1.807, 2.05) is 23.9 Å². The summed E-state index contributed by atoms with van der Waals surface area (Å²) in [6.07, 6.45) is 4.85. The second kappa shape index (κ2) is 7.00. The zero-order valence-electron chi connectivity index (χ0n) is 14.6. The van der Waals surface area contributed by atoms with Gasteiger partial charge < -0.3 is 9.32 Å². The lowest BCUT2D eigenvalue weighted by Gasteiger charge is -2.21. The number of amides is 1. The van der Waals surface area contributed by atoms with Gasteiger partial charge in [-0.25, -0.2) is 0 Å². The fourth-order valence-electron chi connectivity index (χ4n) is 3.60. The third-order valence-electron chi connectivity index (χ3n) is 4.82. The molecular formula is C20H20ClN3O2. The Labute approximate surface area is 157 Å². The highest BCUT2D eigenvalue weighted by Crippen LogP contribution is 2.26. The molecule has 0 aliphatic heterocycles. The Morgan fingerprint density at radius 2 is 2.15 bits per heavy atom. The lowest BCUT2D eigenvalue weighted by Crippen LogP contribution is -2.30. The van der Waals surface area contributed by atoms with Gasteiger partial charge in [-0.2, -0.15) is 5.10 Å². The summed E-state index contributed by atoms with van der Waals surface area (Å²) in [5, 5.41) is 5.21. The maximum Gasteiger partial charge on any atom is 0.254 e. The van der Waals surface area contributed by atoms with Crippen molar-refractivity contribution in [1.29, 1.82) is 0 Å². The highest BCUT2D eigenvalue weighted by Gasteiger charge is 2.25. The Hall–Kier alpha value is -2.53. The van der Waals surface area contributed by atoms with E-state index in [-0.39, 0.29) is 5.91 Å². The molecule has 0 atom stereocenters. The molecule has 0 unspecified atom stereocenters. The van der Waals surface area contributed by atoms with E-state index in [1.54, 1.807) is 35.4 Å². The smallest absolute Gasteiger partial charge is 0.254 e. The third kappa shape index (κ3) is 3.27. The number of carbonyl (C=O) groups excluding carboxylic acids is 1. The number of aromatic nitrogens is 2. The maximum absolute atomic E-state index is 13.1. The summed E-state index contributed by atoms with van der Waals surface area (Å²) in [6, 6.07) is 10.7. The summed E-state index contributed by atoms with van der Waals surface area (Å²) in [6.45, 7) is 0.846. The monoisotopic (exact) mass is 369 g/mol. The molecule has 0 radical (unpaired) electrons. The maximum atomic E-state index is 13.1. The van der Waals surface area contributed by atoms with Gasteiger partial charge in [0.25, 0.3) is 5.91 Å². The normalized spacial score (nSPS) is 13.0. The van der Waals surface area contributed by atoms with Crippen LogP contribution in [0, 0.1) is 0 Å². The molecule has 6 heteroatoms. The Morgan fingerprint density at radius 3 is 2.92 bits per heavy atom. The number of carbonyl (C=O) groups is 1. The molecule has 134 valence electrons. The molecule has 4 rings (SSSR count). The number of hydrogen-bond donors (Lipinski definition) is 0. The second-order valence-electron chi connectivity index (χ2n) is 6.60. The lowest BCUT2D eigenvalue weighted by molar-refractivity contribution is 0.0714. The van der Waals surface area contributed by atoms with Crippen molar-refractivity contribution < 1.29 is 9.21 Å². The van der Waals surface area contributed by atoms with Crippen LogP contribution < -0.4 is 0 Å². The highest BCUT2D eigenvalue weighted by atomic mass is 35.5. The Kier molecular flexibility index (Phi) is 4.55. The van der Waals surface area contributed by atoms with Crippen LogP contribution in [0.3, 0.4) is 0 Å². The first-order valence-corrected chi connectivity index (χ1v) is 9.10. The molecule has 0 bridgehead atoms. The van der Waals surface area contributed by atoms with Crippen molar-refractivity contribution in [3.05, 3.63) is 76.0 Å². The lowest BCUT2D eigenvalue weighted by atomic mass is 10.1. The highest BCUT2D eigenvalue weighted by molar-refractivity contribution is 6.30. The summed E-state index contributed by atoms with van der Waals surface area (Å²) in [7, 11) is 1.98. The first-order chi connectivity index (χ1) is 12.6. The van der Waals surface area contributed by atoms with Gasteiger partial charge in [0.1, 0.15) is 5.76 Å². The van der Waals surface area contributed by atoms with Crippen LogP contribution in [0.15, 0.2) is 47.1 Å². The number of fused-ring (bicyclic) bond motifs is 1. The van der Waals surface area contributed by atoms with Gasteiger partial charge in [0.15, 0.2) is 0 Å². The zero-order chi connectivity index (χ0) is 18.1. The molecular weight excluding hydrogens is 350 g/mol. The van der Waals surface area contributed by atoms with Crippen molar-refractivity contribution >= 4 is 17.5 Å². The number of halogens is 1. The van der Waals surface area contributed by atoms with Crippen molar-refractivity contribution in [2.24, 2.45) is 7.05 Å². The van der Waals surface area contributed by atoms with Crippen LogP contribution in [0.5, 0.6) is 0 Å². The average molecular weight is 370 g/mol. The van der Waals surface area contributed by atoms with Gasteiger partial charge in [0, 0.05) is 23.3 Å². The van der Waals surface area contributed by atoms with Crippen LogP contribution in [-0.4, -0.2) is 20.6 Å². The SMILES string of the molecule is Cn1nc(CN(Cc2ccco2)C(=O)c2cccc(Cl)c2)c2c1CCC2. The van der Waals surface area contributed by atoms with Gasteiger partial charge in [0.05, 0.1) is 25.0 Å². The fourth-order valence-corrected chi connectivity index (χ4v) is 3.79. The zero-order valence-corrected chi connectivity index (χ0v) is 15.4. The van der Waals surface area contributed by atoms with Crippen LogP contribution in [-0.2, 0) is 33.0 Å². The number of furan rings is 1. The molecule has 0 saturated carbocycles. The predicted molar refractivity (Wildman–Crippen MR) is 99.0 cm³/mol. The van der Waals surface area contributed by atoms with Crippen molar-refractivity contribution in [3.8, 4) is 0 Å². The summed E-state index contributed by atoms with van der Waals surface area (Å²) < 4.78 is 7.41. The van der Waals surface area contributed by atoms with E-state index in [0.717, 1.165) is 30.7 Å². The van der Waals surface area contributed by atoms with Gasteiger partial charge in [-0.3, -0.25) is 9.48 Å². The molecule has 1 aliphatic carbocycles. The summed E-state index contributed by atoms with van der Waals surface area (Å²) >= 11 is 6.07. The number of nitrogens with zero attached hydrogens (tertiary/aromatic N) is 3. The quantitative estimate of drug-likeness (QED) is 0.683. The minimum atomic E-state index is -0.0821. The Bertz CT molecular complexity index is 931. The van der Waals surface area contributed by atoms with Crippen molar-refractivity contribution in [2.45, 2.75) is 32.4 Å². The second-order valence-corrected chi connectivity index (χ2v) is 7.04. The predicted octanol–water partition coefficient (Wildman–Crippen LogP) is 4.00. The number of benzene rings is 1. The molecule has 1 amide bonds. The standard InChI is InChI=1S/C20H20ClN3O2/c1-23-19-9-3-8-17(19)18(22-23)13-24(12-16-7-4-10-26-16)20(25)14-5-2-6-15(21)11-14/h2,4-7,10-11H,3,8-9,12-13H2,1H3. The first-order valence-electron chi connectivity index (χ1n) is 8.72. The Balaban J connectivity index is 1.65. The number of hydrogen-bond acceptors (Lipinski definition) is 3. The van der Waals surface area contributed by atoms with Crippen LogP contribution in [0.4, 0.5) is 0 Å². The average Bonchev–Trinajstić information content (AvgIpc) is 3.35. The van der Waals surface area contributed by atoms with Gasteiger partial charge in [-0.1, -0.05) is 17.7 Å². The molecule has 0 saturated heterocycles. The first kappa shape index (κ1) is 16.9. The van der Waals surface area contributed by atoms with E-state index < -0.39 is 0 Å². The van der Waals surface area contributed by atoms with Gasteiger partial charge >= 0.3 is 0 Å². The molecule has 0 fully saturated rings. The van der Waals surface area contributed by atoms with Gasteiger partial charge in [-0.05, 0) is 55.2 Å². The molecule has 3 aromatic rings. The largest absolute Gasteiger partial charge is 0.467 e. The Morgan fingerprint density at radius 1 is 1.27 bits per heavy atom. The minimum Gasteiger partial charge on any atom is -0.467 e. The molecule has 2 aromatic heterocycles. The minimum absolute atomic E-state index is 0.0821. The fraction of sp³-hybridized carbons (Fsp3) is 0.300. The van der Waals surface area contributed by atoms with Crippen molar-refractivity contribution in [1.82, 2.24) is 14.7 Å². The summed E-state index contributed by atoms with van der Waals surface area (Å²) in [4.78, 5) is 14.9. The third-order valence-corrected chi connectivity index (χ3v) is 5.06.